The minimum absolute atomic E-state index is 0.0164. The van der Waals surface area contributed by atoms with E-state index in [2.05, 4.69) is 15.6 Å². The van der Waals surface area contributed by atoms with E-state index in [1.165, 1.54) is 17.0 Å². The molecule has 5 rings (SSSR count). The quantitative estimate of drug-likeness (QED) is 0.234. The number of pyridine rings is 1. The van der Waals surface area contributed by atoms with Crippen molar-refractivity contribution in [2.45, 2.75) is 40.3 Å². The van der Waals surface area contributed by atoms with E-state index in [4.69, 9.17) is 27.6 Å². The number of rotatable bonds is 7. The molecule has 10 nitrogen and oxygen atoms in total. The van der Waals surface area contributed by atoms with Crippen molar-refractivity contribution in [3.8, 4) is 0 Å². The van der Waals surface area contributed by atoms with Crippen LogP contribution < -0.4 is 26.4 Å². The smallest absolute Gasteiger partial charge is 0.339 e. The van der Waals surface area contributed by atoms with Crippen molar-refractivity contribution in [3.05, 3.63) is 95.2 Å². The first-order chi connectivity index (χ1) is 18.8. The van der Waals surface area contributed by atoms with Gasteiger partial charge < -0.3 is 20.2 Å². The number of halogens is 2. The van der Waals surface area contributed by atoms with Crippen molar-refractivity contribution in [2.75, 3.05) is 15.5 Å². The number of carbonyl (C=O) groups is 2. The molecule has 1 amide bonds. The summed E-state index contributed by atoms with van der Waals surface area (Å²) < 4.78 is 5.58. The maximum absolute atomic E-state index is 13.7. The molecule has 2 aromatic carbocycles. The SMILES string of the molecule is Cc1ccc(C(=O)O)c(N2Cc3c(Cl)ccc(Nc4c(NC(c5ccc(Cl)o5)C(C)(C)C)c(=O)c4=O)c3C2=O)n1. The molecule has 0 saturated heterocycles. The van der Waals surface area contributed by atoms with Gasteiger partial charge in [0, 0.05) is 16.3 Å². The van der Waals surface area contributed by atoms with Crippen molar-refractivity contribution in [2.24, 2.45) is 5.41 Å². The molecule has 206 valence electrons. The molecule has 40 heavy (non-hydrogen) atoms. The Morgan fingerprint density at radius 1 is 1.05 bits per heavy atom. The zero-order valence-electron chi connectivity index (χ0n) is 21.9. The standard InChI is InChI=1S/C28H24Cl2N4O6/c1-12-5-6-13(27(38)39)25(31-12)34-11-14-15(29)7-8-16(19(14)26(34)37)32-20-21(23(36)22(20)35)33-24(28(2,3)4)17-9-10-18(30)40-17/h5-10,24,32-33H,11H2,1-4H3,(H,38,39). The van der Waals surface area contributed by atoms with Gasteiger partial charge in [0.1, 0.15) is 22.7 Å². The molecule has 1 aliphatic rings. The van der Waals surface area contributed by atoms with Gasteiger partial charge in [-0.25, -0.2) is 9.78 Å². The maximum atomic E-state index is 13.7. The second-order valence-corrected chi connectivity index (χ2v) is 11.4. The number of carboxylic acid groups (broad SMARTS) is 1. The van der Waals surface area contributed by atoms with Gasteiger partial charge in [-0.2, -0.15) is 0 Å². The van der Waals surface area contributed by atoms with Gasteiger partial charge in [0.2, 0.25) is 0 Å². The van der Waals surface area contributed by atoms with Gasteiger partial charge in [0.05, 0.1) is 23.8 Å². The number of carboxylic acids is 1. The third kappa shape index (κ3) is 4.63. The van der Waals surface area contributed by atoms with Crippen LogP contribution in [-0.2, 0) is 6.54 Å². The normalized spacial score (nSPS) is 13.9. The van der Waals surface area contributed by atoms with Crippen LogP contribution in [0.3, 0.4) is 0 Å². The number of anilines is 4. The van der Waals surface area contributed by atoms with Crippen LogP contribution in [0, 0.1) is 12.3 Å². The van der Waals surface area contributed by atoms with E-state index in [1.54, 1.807) is 31.2 Å². The van der Waals surface area contributed by atoms with Gasteiger partial charge in [0.15, 0.2) is 11.0 Å². The van der Waals surface area contributed by atoms with Crippen LogP contribution in [0.5, 0.6) is 0 Å². The van der Waals surface area contributed by atoms with Crippen LogP contribution in [-0.4, -0.2) is 22.0 Å². The van der Waals surface area contributed by atoms with Crippen molar-refractivity contribution < 1.29 is 19.1 Å². The molecule has 1 atom stereocenters. The number of carbonyl (C=O) groups excluding carboxylic acids is 1. The Balaban J connectivity index is 1.52. The van der Waals surface area contributed by atoms with Gasteiger partial charge >= 0.3 is 5.97 Å². The lowest BCUT2D eigenvalue weighted by Crippen LogP contribution is -2.39. The number of hydrogen-bond donors (Lipinski definition) is 3. The molecular formula is C28H24Cl2N4O6. The number of aromatic carboxylic acids is 1. The summed E-state index contributed by atoms with van der Waals surface area (Å²) in [6.07, 6.45) is 0. The molecule has 2 aromatic heterocycles. The van der Waals surface area contributed by atoms with Gasteiger partial charge in [-0.15, -0.1) is 0 Å². The van der Waals surface area contributed by atoms with E-state index in [0.717, 1.165) is 0 Å². The number of hydrogen-bond acceptors (Lipinski definition) is 8. The summed E-state index contributed by atoms with van der Waals surface area (Å²) in [5, 5.41) is 16.2. The van der Waals surface area contributed by atoms with Crippen molar-refractivity contribution in [3.63, 3.8) is 0 Å². The largest absolute Gasteiger partial charge is 0.478 e. The summed E-state index contributed by atoms with van der Waals surface area (Å²) in [6.45, 7) is 7.46. The van der Waals surface area contributed by atoms with Crippen LogP contribution in [0.4, 0.5) is 22.9 Å². The molecule has 0 spiro atoms. The number of amides is 1. The Labute approximate surface area is 238 Å². The highest BCUT2D eigenvalue weighted by molar-refractivity contribution is 6.33. The Morgan fingerprint density at radius 3 is 2.38 bits per heavy atom. The van der Waals surface area contributed by atoms with Gasteiger partial charge in [-0.3, -0.25) is 19.3 Å². The van der Waals surface area contributed by atoms with E-state index in [-0.39, 0.29) is 50.8 Å². The van der Waals surface area contributed by atoms with Gasteiger partial charge in [-0.05, 0) is 60.3 Å². The van der Waals surface area contributed by atoms with Crippen LogP contribution in [0.2, 0.25) is 10.2 Å². The molecule has 3 heterocycles. The van der Waals surface area contributed by atoms with Crippen molar-refractivity contribution in [1.29, 1.82) is 0 Å². The predicted molar refractivity (Wildman–Crippen MR) is 152 cm³/mol. The molecule has 0 bridgehead atoms. The van der Waals surface area contributed by atoms with Gasteiger partial charge in [0.25, 0.3) is 16.8 Å². The molecule has 3 N–H and O–H groups in total. The third-order valence-corrected chi connectivity index (χ3v) is 7.29. The lowest BCUT2D eigenvalue weighted by Gasteiger charge is -2.31. The van der Waals surface area contributed by atoms with E-state index in [9.17, 15) is 24.3 Å². The Bertz CT molecular complexity index is 1760. The average molecular weight is 583 g/mol. The second kappa shape index (κ2) is 9.79. The average Bonchev–Trinajstić information content (AvgIpc) is 3.47. The monoisotopic (exact) mass is 582 g/mol. The van der Waals surface area contributed by atoms with Gasteiger partial charge in [-0.1, -0.05) is 32.4 Å². The van der Waals surface area contributed by atoms with E-state index in [0.29, 0.717) is 17.0 Å². The highest BCUT2D eigenvalue weighted by atomic mass is 35.5. The molecule has 0 saturated carbocycles. The summed E-state index contributed by atoms with van der Waals surface area (Å²) in [5.74, 6) is -1.32. The highest BCUT2D eigenvalue weighted by Gasteiger charge is 2.37. The first-order valence-corrected chi connectivity index (χ1v) is 13.0. The number of nitrogens with one attached hydrogen (secondary N) is 2. The fourth-order valence-electron chi connectivity index (χ4n) is 4.70. The summed E-state index contributed by atoms with van der Waals surface area (Å²) in [5.41, 5.74) is -0.700. The number of aryl methyl sites for hydroxylation is 1. The number of benzene rings is 1. The molecule has 1 aliphatic heterocycles. The number of fused-ring (bicyclic) bond motifs is 1. The van der Waals surface area contributed by atoms with E-state index < -0.39 is 34.2 Å². The Morgan fingerprint density at radius 2 is 1.75 bits per heavy atom. The lowest BCUT2D eigenvalue weighted by molar-refractivity contribution is 0.0697. The molecule has 4 aromatic rings. The summed E-state index contributed by atoms with van der Waals surface area (Å²) in [7, 11) is 0. The number of furan rings is 1. The summed E-state index contributed by atoms with van der Waals surface area (Å²) in [4.78, 5) is 56.4. The fourth-order valence-corrected chi connectivity index (χ4v) is 5.07. The van der Waals surface area contributed by atoms with Crippen molar-refractivity contribution >= 4 is 58.0 Å². The molecular weight excluding hydrogens is 559 g/mol. The Kier molecular flexibility index (Phi) is 6.71. The number of aromatic nitrogens is 1. The molecule has 12 heteroatoms. The third-order valence-electron chi connectivity index (χ3n) is 6.73. The molecule has 0 aliphatic carbocycles. The minimum Gasteiger partial charge on any atom is -0.478 e. The number of nitrogens with zero attached hydrogens (tertiary/aromatic N) is 2. The summed E-state index contributed by atoms with van der Waals surface area (Å²) >= 11 is 12.4. The lowest BCUT2D eigenvalue weighted by atomic mass is 9.85. The Hall–Kier alpha value is -4.15. The first-order valence-electron chi connectivity index (χ1n) is 12.2. The van der Waals surface area contributed by atoms with Crippen LogP contribution in [0.15, 0.2) is 50.4 Å². The van der Waals surface area contributed by atoms with Crippen LogP contribution in [0.1, 0.15) is 64.5 Å². The van der Waals surface area contributed by atoms with E-state index in [1.807, 2.05) is 20.8 Å². The second-order valence-electron chi connectivity index (χ2n) is 10.6. The maximum Gasteiger partial charge on any atom is 0.339 e. The molecule has 1 unspecified atom stereocenters. The highest BCUT2D eigenvalue weighted by Crippen LogP contribution is 2.41. The zero-order chi connectivity index (χ0) is 29.1. The zero-order valence-corrected chi connectivity index (χ0v) is 23.4. The summed E-state index contributed by atoms with van der Waals surface area (Å²) in [6, 6.07) is 8.78. The van der Waals surface area contributed by atoms with Crippen LogP contribution in [0.25, 0.3) is 0 Å². The molecule has 0 fully saturated rings. The predicted octanol–water partition coefficient (Wildman–Crippen LogP) is 5.69. The van der Waals surface area contributed by atoms with E-state index >= 15 is 0 Å². The van der Waals surface area contributed by atoms with Crippen molar-refractivity contribution in [1.82, 2.24) is 4.98 Å². The first kappa shape index (κ1) is 27.4. The van der Waals surface area contributed by atoms with Crippen LogP contribution >= 0.6 is 23.2 Å². The fraction of sp³-hybridized carbons (Fsp3) is 0.250. The minimum atomic E-state index is -1.23. The molecule has 0 radical (unpaired) electrons. The topological polar surface area (TPSA) is 142 Å².